The van der Waals surface area contributed by atoms with Crippen molar-refractivity contribution >= 4 is 10.9 Å². The SMILES string of the molecule is c1cc2c3c(c1)c1c(n3CC2)CCC1. The minimum absolute atomic E-state index is 1.23. The van der Waals surface area contributed by atoms with E-state index in [1.165, 1.54) is 32.2 Å². The molecule has 1 nitrogen and oxygen atoms in total. The normalized spacial score (nSPS) is 18.0. The average molecular weight is 183 g/mol. The van der Waals surface area contributed by atoms with Gasteiger partial charge in [0.05, 0.1) is 5.52 Å². The zero-order chi connectivity index (χ0) is 9.12. The molecule has 0 atom stereocenters. The molecule has 1 aliphatic heterocycles. The van der Waals surface area contributed by atoms with Crippen LogP contribution < -0.4 is 0 Å². The van der Waals surface area contributed by atoms with E-state index in [2.05, 4.69) is 22.8 Å². The standard InChI is InChI=1S/C13H13N/c1-3-9-7-8-14-12-6-2-4-10(12)11(5-1)13(9)14/h1,3,5H,2,4,6-8H2. The molecule has 2 heterocycles. The van der Waals surface area contributed by atoms with Crippen molar-refractivity contribution in [3.05, 3.63) is 35.0 Å². The van der Waals surface area contributed by atoms with E-state index in [-0.39, 0.29) is 0 Å². The lowest BCUT2D eigenvalue weighted by atomic mass is 10.1. The van der Waals surface area contributed by atoms with Gasteiger partial charge in [0.2, 0.25) is 0 Å². The predicted molar refractivity (Wildman–Crippen MR) is 57.7 cm³/mol. The molecular formula is C13H13N. The second kappa shape index (κ2) is 2.22. The van der Waals surface area contributed by atoms with Crippen LogP contribution in [0.2, 0.25) is 0 Å². The summed E-state index contributed by atoms with van der Waals surface area (Å²) >= 11 is 0. The largest absolute Gasteiger partial charge is 0.344 e. The van der Waals surface area contributed by atoms with Crippen molar-refractivity contribution in [3.63, 3.8) is 0 Å². The van der Waals surface area contributed by atoms with E-state index in [0.717, 1.165) is 0 Å². The molecule has 4 rings (SSSR count). The monoisotopic (exact) mass is 183 g/mol. The molecule has 2 aliphatic rings. The summed E-state index contributed by atoms with van der Waals surface area (Å²) in [6, 6.07) is 6.83. The third kappa shape index (κ3) is 0.648. The van der Waals surface area contributed by atoms with Gasteiger partial charge in [0.25, 0.3) is 0 Å². The molecule has 0 fully saturated rings. The Bertz CT molecular complexity index is 534. The quantitative estimate of drug-likeness (QED) is 0.591. The van der Waals surface area contributed by atoms with Crippen molar-refractivity contribution in [2.45, 2.75) is 32.2 Å². The van der Waals surface area contributed by atoms with Gasteiger partial charge in [0.1, 0.15) is 0 Å². The molecule has 0 spiro atoms. The number of hydrogen-bond acceptors (Lipinski definition) is 0. The van der Waals surface area contributed by atoms with Crippen LogP contribution in [0.3, 0.4) is 0 Å². The highest BCUT2D eigenvalue weighted by atomic mass is 15.0. The molecule has 1 aliphatic carbocycles. The first-order valence-electron chi connectivity index (χ1n) is 5.57. The van der Waals surface area contributed by atoms with E-state index >= 15 is 0 Å². The van der Waals surface area contributed by atoms with E-state index in [9.17, 15) is 0 Å². The topological polar surface area (TPSA) is 4.93 Å². The maximum Gasteiger partial charge on any atom is 0.0518 e. The van der Waals surface area contributed by atoms with Gasteiger partial charge in [0, 0.05) is 17.6 Å². The maximum atomic E-state index is 2.58. The molecule has 0 bridgehead atoms. The van der Waals surface area contributed by atoms with Gasteiger partial charge in [-0.3, -0.25) is 0 Å². The van der Waals surface area contributed by atoms with Crippen molar-refractivity contribution in [2.24, 2.45) is 0 Å². The summed E-state index contributed by atoms with van der Waals surface area (Å²) in [5, 5.41) is 1.55. The van der Waals surface area contributed by atoms with E-state index in [1.807, 2.05) is 0 Å². The van der Waals surface area contributed by atoms with E-state index in [1.54, 1.807) is 27.7 Å². The highest BCUT2D eigenvalue weighted by Crippen LogP contribution is 2.37. The molecule has 0 amide bonds. The molecular weight excluding hydrogens is 170 g/mol. The summed E-state index contributed by atoms with van der Waals surface area (Å²) < 4.78 is 2.58. The lowest BCUT2D eigenvalue weighted by Crippen LogP contribution is -1.96. The van der Waals surface area contributed by atoms with Gasteiger partial charge in [-0.1, -0.05) is 18.2 Å². The van der Waals surface area contributed by atoms with Crippen LogP contribution in [0.1, 0.15) is 23.2 Å². The summed E-state index contributed by atoms with van der Waals surface area (Å²) in [5.74, 6) is 0. The fourth-order valence-electron chi connectivity index (χ4n) is 3.29. The van der Waals surface area contributed by atoms with Crippen molar-refractivity contribution in [2.75, 3.05) is 0 Å². The zero-order valence-corrected chi connectivity index (χ0v) is 8.21. The Morgan fingerprint density at radius 3 is 3.07 bits per heavy atom. The van der Waals surface area contributed by atoms with Gasteiger partial charge in [-0.15, -0.1) is 0 Å². The molecule has 0 saturated carbocycles. The van der Waals surface area contributed by atoms with Crippen LogP contribution in [0.15, 0.2) is 18.2 Å². The number of aryl methyl sites for hydroxylation is 3. The Balaban J connectivity index is 2.26. The Hall–Kier alpha value is -1.24. The van der Waals surface area contributed by atoms with Gasteiger partial charge < -0.3 is 4.57 Å². The highest BCUT2D eigenvalue weighted by Gasteiger charge is 2.25. The third-order valence-electron chi connectivity index (χ3n) is 3.83. The zero-order valence-electron chi connectivity index (χ0n) is 8.21. The first-order chi connectivity index (χ1) is 6.95. The van der Waals surface area contributed by atoms with E-state index < -0.39 is 0 Å². The number of para-hydroxylation sites is 1. The van der Waals surface area contributed by atoms with Gasteiger partial charge in [-0.05, 0) is 36.8 Å². The first-order valence-corrected chi connectivity index (χ1v) is 5.57. The van der Waals surface area contributed by atoms with Gasteiger partial charge >= 0.3 is 0 Å². The molecule has 1 aromatic heterocycles. The molecule has 0 unspecified atom stereocenters. The minimum atomic E-state index is 1.23. The first kappa shape index (κ1) is 7.10. The molecule has 0 radical (unpaired) electrons. The summed E-state index contributed by atoms with van der Waals surface area (Å²) in [4.78, 5) is 0. The predicted octanol–water partition coefficient (Wildman–Crippen LogP) is 2.69. The second-order valence-corrected chi connectivity index (χ2v) is 4.49. The van der Waals surface area contributed by atoms with Gasteiger partial charge in [-0.25, -0.2) is 0 Å². The molecule has 0 saturated heterocycles. The van der Waals surface area contributed by atoms with Gasteiger partial charge in [-0.2, -0.15) is 0 Å². The number of aromatic nitrogens is 1. The Labute approximate surface area is 83.3 Å². The molecule has 14 heavy (non-hydrogen) atoms. The average Bonchev–Trinajstić information content (AvgIpc) is 2.87. The maximum absolute atomic E-state index is 2.58. The van der Waals surface area contributed by atoms with Crippen LogP contribution in [0.25, 0.3) is 10.9 Å². The number of rotatable bonds is 0. The number of hydrogen-bond donors (Lipinski definition) is 0. The summed E-state index contributed by atoms with van der Waals surface area (Å²) in [6.07, 6.45) is 5.23. The fraction of sp³-hybridized carbons (Fsp3) is 0.385. The van der Waals surface area contributed by atoms with Crippen LogP contribution in [0, 0.1) is 0 Å². The van der Waals surface area contributed by atoms with E-state index in [4.69, 9.17) is 0 Å². The van der Waals surface area contributed by atoms with Crippen LogP contribution >= 0.6 is 0 Å². The van der Waals surface area contributed by atoms with Crippen molar-refractivity contribution < 1.29 is 0 Å². The molecule has 1 heteroatoms. The Morgan fingerprint density at radius 1 is 1.07 bits per heavy atom. The lowest BCUT2D eigenvalue weighted by Gasteiger charge is -2.00. The second-order valence-electron chi connectivity index (χ2n) is 4.49. The summed E-state index contributed by atoms with van der Waals surface area (Å²) in [6.45, 7) is 1.23. The van der Waals surface area contributed by atoms with Gasteiger partial charge in [0.15, 0.2) is 0 Å². The molecule has 70 valence electrons. The minimum Gasteiger partial charge on any atom is -0.344 e. The molecule has 2 aromatic rings. The number of nitrogens with zero attached hydrogens (tertiary/aromatic N) is 1. The van der Waals surface area contributed by atoms with Crippen molar-refractivity contribution in [1.29, 1.82) is 0 Å². The van der Waals surface area contributed by atoms with Crippen LogP contribution in [-0.4, -0.2) is 4.57 Å². The highest BCUT2D eigenvalue weighted by molar-refractivity contribution is 5.89. The van der Waals surface area contributed by atoms with E-state index in [0.29, 0.717) is 0 Å². The smallest absolute Gasteiger partial charge is 0.0518 e. The number of benzene rings is 1. The Kier molecular flexibility index (Phi) is 1.13. The summed E-state index contributed by atoms with van der Waals surface area (Å²) in [5.41, 5.74) is 6.42. The van der Waals surface area contributed by atoms with Crippen molar-refractivity contribution in [3.8, 4) is 0 Å². The summed E-state index contributed by atoms with van der Waals surface area (Å²) in [7, 11) is 0. The Morgan fingerprint density at radius 2 is 2.07 bits per heavy atom. The third-order valence-corrected chi connectivity index (χ3v) is 3.83. The molecule has 1 aromatic carbocycles. The van der Waals surface area contributed by atoms with Crippen LogP contribution in [-0.2, 0) is 25.8 Å². The van der Waals surface area contributed by atoms with Crippen LogP contribution in [0.5, 0.6) is 0 Å². The number of fused-ring (bicyclic) bond motifs is 3. The lowest BCUT2D eigenvalue weighted by molar-refractivity contribution is 0.725. The van der Waals surface area contributed by atoms with Crippen molar-refractivity contribution in [1.82, 2.24) is 4.57 Å². The fourth-order valence-corrected chi connectivity index (χ4v) is 3.29. The molecule has 0 N–H and O–H groups in total. The van der Waals surface area contributed by atoms with Crippen LogP contribution in [0.4, 0.5) is 0 Å².